The van der Waals surface area contributed by atoms with E-state index in [4.69, 9.17) is 4.42 Å². The SMILES string of the molecule is CN(C(=O)CCc1ncc(-c2ccc(F)cc2)o1)c1ccccc1. The molecule has 3 aromatic rings. The summed E-state index contributed by atoms with van der Waals surface area (Å²) >= 11 is 0. The molecule has 1 aromatic heterocycles. The molecule has 1 amide bonds. The smallest absolute Gasteiger partial charge is 0.227 e. The van der Waals surface area contributed by atoms with Gasteiger partial charge in [0.2, 0.25) is 5.91 Å². The average Bonchev–Trinajstić information content (AvgIpc) is 3.09. The van der Waals surface area contributed by atoms with Crippen molar-refractivity contribution >= 4 is 11.6 Å². The molecule has 1 heterocycles. The van der Waals surface area contributed by atoms with Crippen molar-refractivity contribution < 1.29 is 13.6 Å². The van der Waals surface area contributed by atoms with E-state index in [9.17, 15) is 9.18 Å². The number of hydrogen-bond acceptors (Lipinski definition) is 3. The minimum Gasteiger partial charge on any atom is -0.441 e. The third-order valence-corrected chi connectivity index (χ3v) is 3.75. The van der Waals surface area contributed by atoms with Crippen molar-refractivity contribution in [3.8, 4) is 11.3 Å². The van der Waals surface area contributed by atoms with Gasteiger partial charge in [0.05, 0.1) is 6.20 Å². The highest BCUT2D eigenvalue weighted by molar-refractivity contribution is 5.92. The summed E-state index contributed by atoms with van der Waals surface area (Å²) in [5.41, 5.74) is 1.60. The molecule has 24 heavy (non-hydrogen) atoms. The number of para-hydroxylation sites is 1. The van der Waals surface area contributed by atoms with Crippen LogP contribution in [0.2, 0.25) is 0 Å². The number of oxazole rings is 1. The van der Waals surface area contributed by atoms with Gasteiger partial charge in [0.1, 0.15) is 5.82 Å². The lowest BCUT2D eigenvalue weighted by molar-refractivity contribution is -0.118. The highest BCUT2D eigenvalue weighted by atomic mass is 19.1. The molecular formula is C19H17FN2O2. The summed E-state index contributed by atoms with van der Waals surface area (Å²) in [6, 6.07) is 15.5. The molecule has 0 atom stereocenters. The van der Waals surface area contributed by atoms with Gasteiger partial charge < -0.3 is 9.32 Å². The predicted molar refractivity (Wildman–Crippen MR) is 90.1 cm³/mol. The molecule has 0 saturated heterocycles. The summed E-state index contributed by atoms with van der Waals surface area (Å²) in [5, 5.41) is 0. The number of benzene rings is 2. The Labute approximate surface area is 139 Å². The van der Waals surface area contributed by atoms with Crippen molar-refractivity contribution in [1.82, 2.24) is 4.98 Å². The van der Waals surface area contributed by atoms with Gasteiger partial charge in [0, 0.05) is 31.1 Å². The van der Waals surface area contributed by atoms with Gasteiger partial charge in [-0.3, -0.25) is 4.79 Å². The predicted octanol–water partition coefficient (Wildman–Crippen LogP) is 4.08. The van der Waals surface area contributed by atoms with Crippen molar-refractivity contribution in [3.05, 3.63) is 72.5 Å². The molecule has 0 aliphatic heterocycles. The quantitative estimate of drug-likeness (QED) is 0.710. The summed E-state index contributed by atoms with van der Waals surface area (Å²) in [7, 11) is 1.75. The number of hydrogen-bond donors (Lipinski definition) is 0. The molecule has 122 valence electrons. The maximum absolute atomic E-state index is 12.9. The number of carbonyl (C=O) groups is 1. The van der Waals surface area contributed by atoms with Gasteiger partial charge in [0.15, 0.2) is 11.7 Å². The normalized spacial score (nSPS) is 10.6. The van der Waals surface area contributed by atoms with Crippen molar-refractivity contribution in [3.63, 3.8) is 0 Å². The van der Waals surface area contributed by atoms with Crippen molar-refractivity contribution in [2.75, 3.05) is 11.9 Å². The third-order valence-electron chi connectivity index (χ3n) is 3.75. The number of aromatic nitrogens is 1. The Morgan fingerprint density at radius 2 is 1.83 bits per heavy atom. The monoisotopic (exact) mass is 324 g/mol. The second kappa shape index (κ2) is 7.08. The van der Waals surface area contributed by atoms with Crippen LogP contribution in [0.25, 0.3) is 11.3 Å². The number of amides is 1. The number of nitrogens with zero attached hydrogens (tertiary/aromatic N) is 2. The summed E-state index contributed by atoms with van der Waals surface area (Å²) in [6.07, 6.45) is 2.31. The first-order valence-electron chi connectivity index (χ1n) is 7.66. The fraction of sp³-hybridized carbons (Fsp3) is 0.158. The Bertz CT molecular complexity index is 813. The van der Waals surface area contributed by atoms with Gasteiger partial charge in [-0.2, -0.15) is 0 Å². The maximum Gasteiger partial charge on any atom is 0.227 e. The van der Waals surface area contributed by atoms with Crippen LogP contribution in [0.1, 0.15) is 12.3 Å². The lowest BCUT2D eigenvalue weighted by Crippen LogP contribution is -2.26. The number of anilines is 1. The Balaban J connectivity index is 1.61. The van der Waals surface area contributed by atoms with Gasteiger partial charge in [-0.25, -0.2) is 9.37 Å². The number of aryl methyl sites for hydroxylation is 1. The van der Waals surface area contributed by atoms with E-state index >= 15 is 0 Å². The molecule has 3 rings (SSSR count). The highest BCUT2D eigenvalue weighted by Crippen LogP contribution is 2.21. The Morgan fingerprint density at radius 3 is 2.54 bits per heavy atom. The van der Waals surface area contributed by atoms with Crippen molar-refractivity contribution in [2.45, 2.75) is 12.8 Å². The summed E-state index contributed by atoms with van der Waals surface area (Å²) in [6.45, 7) is 0. The van der Waals surface area contributed by atoms with Gasteiger partial charge in [0.25, 0.3) is 0 Å². The zero-order chi connectivity index (χ0) is 16.9. The van der Waals surface area contributed by atoms with E-state index in [0.717, 1.165) is 11.3 Å². The van der Waals surface area contributed by atoms with Gasteiger partial charge in [-0.15, -0.1) is 0 Å². The van der Waals surface area contributed by atoms with Crippen LogP contribution < -0.4 is 4.90 Å². The Kier molecular flexibility index (Phi) is 4.70. The largest absolute Gasteiger partial charge is 0.441 e. The molecule has 0 aliphatic carbocycles. The fourth-order valence-corrected chi connectivity index (χ4v) is 2.35. The van der Waals surface area contributed by atoms with E-state index in [-0.39, 0.29) is 11.7 Å². The minimum atomic E-state index is -0.298. The number of carbonyl (C=O) groups excluding carboxylic acids is 1. The standard InChI is InChI=1S/C19H17FN2O2/c1-22(16-5-3-2-4-6-16)19(23)12-11-18-21-13-17(24-18)14-7-9-15(20)10-8-14/h2-10,13H,11-12H2,1H3. The van der Waals surface area contributed by atoms with E-state index in [1.54, 1.807) is 30.3 Å². The molecule has 0 aliphatic rings. The van der Waals surface area contributed by atoms with Crippen molar-refractivity contribution in [1.29, 1.82) is 0 Å². The molecular weight excluding hydrogens is 307 g/mol. The van der Waals surface area contributed by atoms with Crippen LogP contribution >= 0.6 is 0 Å². The van der Waals surface area contributed by atoms with Gasteiger partial charge in [-0.1, -0.05) is 18.2 Å². The van der Waals surface area contributed by atoms with Crippen LogP contribution in [-0.4, -0.2) is 17.9 Å². The molecule has 0 spiro atoms. The lowest BCUT2D eigenvalue weighted by atomic mass is 10.2. The topological polar surface area (TPSA) is 46.3 Å². The molecule has 0 radical (unpaired) electrons. The second-order valence-corrected chi connectivity index (χ2v) is 5.41. The van der Waals surface area contributed by atoms with Crippen LogP contribution in [0.4, 0.5) is 10.1 Å². The average molecular weight is 324 g/mol. The molecule has 0 bridgehead atoms. The van der Waals surface area contributed by atoms with Gasteiger partial charge in [-0.05, 0) is 36.4 Å². The first-order chi connectivity index (χ1) is 11.6. The zero-order valence-corrected chi connectivity index (χ0v) is 13.3. The van der Waals surface area contributed by atoms with Crippen LogP contribution in [-0.2, 0) is 11.2 Å². The highest BCUT2D eigenvalue weighted by Gasteiger charge is 2.13. The first-order valence-corrected chi connectivity index (χ1v) is 7.66. The molecule has 4 nitrogen and oxygen atoms in total. The second-order valence-electron chi connectivity index (χ2n) is 5.41. The van der Waals surface area contributed by atoms with E-state index in [1.807, 2.05) is 30.3 Å². The molecule has 2 aromatic carbocycles. The molecule has 0 N–H and O–H groups in total. The number of halogens is 1. The van der Waals surface area contributed by atoms with Gasteiger partial charge >= 0.3 is 0 Å². The molecule has 0 unspecified atom stereocenters. The maximum atomic E-state index is 12.9. The van der Waals surface area contributed by atoms with Crippen LogP contribution in [0.15, 0.2) is 65.2 Å². The van der Waals surface area contributed by atoms with Crippen molar-refractivity contribution in [2.24, 2.45) is 0 Å². The summed E-state index contributed by atoms with van der Waals surface area (Å²) < 4.78 is 18.6. The van der Waals surface area contributed by atoms with E-state index in [1.165, 1.54) is 12.1 Å². The van der Waals surface area contributed by atoms with E-state index in [0.29, 0.717) is 24.5 Å². The third kappa shape index (κ3) is 3.68. The Morgan fingerprint density at radius 1 is 1.12 bits per heavy atom. The summed E-state index contributed by atoms with van der Waals surface area (Å²) in [4.78, 5) is 18.0. The minimum absolute atomic E-state index is 0.0114. The van der Waals surface area contributed by atoms with Crippen LogP contribution in [0.3, 0.4) is 0 Å². The van der Waals surface area contributed by atoms with Crippen LogP contribution in [0, 0.1) is 5.82 Å². The molecule has 5 heteroatoms. The molecule has 0 saturated carbocycles. The zero-order valence-electron chi connectivity index (χ0n) is 13.3. The molecule has 0 fully saturated rings. The lowest BCUT2D eigenvalue weighted by Gasteiger charge is -2.16. The first kappa shape index (κ1) is 15.9. The van der Waals surface area contributed by atoms with E-state index < -0.39 is 0 Å². The Hall–Kier alpha value is -2.95. The van der Waals surface area contributed by atoms with E-state index in [2.05, 4.69) is 4.98 Å². The summed E-state index contributed by atoms with van der Waals surface area (Å²) in [5.74, 6) is 0.744. The fourth-order valence-electron chi connectivity index (χ4n) is 2.35. The number of rotatable bonds is 5. The van der Waals surface area contributed by atoms with Crippen LogP contribution in [0.5, 0.6) is 0 Å².